The standard InChI is InChI=1S/C52H68Cl2N16O12/c53-41-45(57)67-43(55)39(65-41)47(71)69-49(59)61-19-3-1-5-33-7-15-37(16-8-33)79-29-25-75-21-23-77-27-31-81-51(73)63-35-11-13-36(14-12-35)64-52(74)82-32-28-78-24-22-76-26-30-80-38-17-9-34(10-18-38)6-2-4-20-62-50(60)70-48(72)40-44(56)68-46(58)42(54)66-40/h7-18H,1-6,19-32H2,(H,63,73)(H,64,74)(H4,55,57,67)(H4,56,58,68)(H3,59,61,69,71)(H3,60,62,70,72). The Bertz CT molecular complexity index is 2680. The normalized spacial score (nSPS) is 11.4. The van der Waals surface area contributed by atoms with Gasteiger partial charge < -0.3 is 72.3 Å². The Balaban J connectivity index is 0.772. The fraction of sp³-hybridized carbons (Fsp3) is 0.385. The minimum Gasteiger partial charge on any atom is -0.491 e. The Kier molecular flexibility index (Phi) is 28.2. The predicted molar refractivity (Wildman–Crippen MR) is 309 cm³/mol. The Morgan fingerprint density at radius 1 is 0.439 bits per heavy atom. The minimum absolute atomic E-state index is 0.0305. The van der Waals surface area contributed by atoms with E-state index >= 15 is 0 Å². The van der Waals surface area contributed by atoms with E-state index < -0.39 is 24.0 Å². The Labute approximate surface area is 482 Å². The van der Waals surface area contributed by atoms with Crippen LogP contribution in [-0.2, 0) is 41.3 Å². The summed E-state index contributed by atoms with van der Waals surface area (Å²) >= 11 is 11.7. The molecule has 0 saturated heterocycles. The Hall–Kier alpha value is -8.54. The smallest absolute Gasteiger partial charge is 0.411 e. The monoisotopic (exact) mass is 1180 g/mol. The first-order valence-corrected chi connectivity index (χ1v) is 26.5. The number of benzene rings is 3. The highest BCUT2D eigenvalue weighted by Gasteiger charge is 2.18. The van der Waals surface area contributed by atoms with Crippen LogP contribution in [-0.4, -0.2) is 148 Å². The average Bonchev–Trinajstić information content (AvgIpc) is 3.58. The molecule has 0 aliphatic rings. The van der Waals surface area contributed by atoms with E-state index in [0.29, 0.717) is 88.8 Å². The highest BCUT2D eigenvalue weighted by molar-refractivity contribution is 6.32. The van der Waals surface area contributed by atoms with E-state index in [1.807, 2.05) is 48.5 Å². The molecule has 16 N–H and O–H groups in total. The van der Waals surface area contributed by atoms with Crippen molar-refractivity contribution in [3.8, 4) is 11.5 Å². The van der Waals surface area contributed by atoms with Crippen LogP contribution < -0.4 is 65.1 Å². The summed E-state index contributed by atoms with van der Waals surface area (Å²) in [5, 5.41) is 9.75. The van der Waals surface area contributed by atoms with Crippen LogP contribution in [0.15, 0.2) is 82.8 Å². The number of unbranched alkanes of at least 4 members (excludes halogenated alkanes) is 2. The number of guanidine groups is 2. The topological polar surface area (TPSA) is 423 Å². The highest BCUT2D eigenvalue weighted by Crippen LogP contribution is 2.20. The number of halogens is 2. The summed E-state index contributed by atoms with van der Waals surface area (Å²) in [6.07, 6.45) is 3.47. The second-order valence-corrected chi connectivity index (χ2v) is 17.9. The van der Waals surface area contributed by atoms with Gasteiger partial charge in [0.25, 0.3) is 11.8 Å². The van der Waals surface area contributed by atoms with E-state index in [9.17, 15) is 19.2 Å². The molecule has 4 amide bonds. The van der Waals surface area contributed by atoms with Crippen molar-refractivity contribution in [3.05, 3.63) is 106 Å². The molecule has 0 bridgehead atoms. The van der Waals surface area contributed by atoms with E-state index in [4.69, 9.17) is 95.5 Å². The van der Waals surface area contributed by atoms with E-state index in [0.717, 1.165) is 49.7 Å². The predicted octanol–water partition coefficient (Wildman–Crippen LogP) is 4.36. The van der Waals surface area contributed by atoms with Gasteiger partial charge in [0.05, 0.1) is 52.9 Å². The molecule has 3 aromatic carbocycles. The van der Waals surface area contributed by atoms with Crippen molar-refractivity contribution in [1.29, 1.82) is 0 Å². The minimum atomic E-state index is -0.694. The van der Waals surface area contributed by atoms with Crippen LogP contribution in [0.5, 0.6) is 11.5 Å². The lowest BCUT2D eigenvalue weighted by molar-refractivity contribution is 0.0222. The quantitative estimate of drug-likeness (QED) is 0.0155. The molecule has 30 heteroatoms. The number of aryl methyl sites for hydroxylation is 2. The van der Waals surface area contributed by atoms with Gasteiger partial charge >= 0.3 is 12.2 Å². The Morgan fingerprint density at radius 2 is 0.780 bits per heavy atom. The highest BCUT2D eigenvalue weighted by atomic mass is 35.5. The zero-order chi connectivity index (χ0) is 58.9. The molecule has 0 unspecified atom stereocenters. The number of aromatic nitrogens is 4. The molecule has 0 spiro atoms. The van der Waals surface area contributed by atoms with Gasteiger partial charge in [-0.25, -0.2) is 29.5 Å². The third kappa shape index (κ3) is 24.9. The zero-order valence-corrected chi connectivity index (χ0v) is 46.4. The number of ether oxygens (including phenoxy) is 8. The maximum absolute atomic E-state index is 12.4. The van der Waals surface area contributed by atoms with Crippen LogP contribution in [0.1, 0.15) is 57.8 Å². The molecule has 0 aliphatic carbocycles. The molecule has 0 saturated carbocycles. The van der Waals surface area contributed by atoms with Gasteiger partial charge in [-0.05, 0) is 98.2 Å². The van der Waals surface area contributed by atoms with Crippen molar-refractivity contribution in [3.63, 3.8) is 0 Å². The second-order valence-electron chi connectivity index (χ2n) is 17.2. The van der Waals surface area contributed by atoms with E-state index in [1.54, 1.807) is 24.3 Å². The molecule has 0 atom stereocenters. The molecule has 0 aliphatic heterocycles. The van der Waals surface area contributed by atoms with Crippen LogP contribution in [0.3, 0.4) is 0 Å². The summed E-state index contributed by atoms with van der Waals surface area (Å²) in [6, 6.07) is 21.9. The first-order valence-electron chi connectivity index (χ1n) is 25.7. The molecule has 2 heterocycles. The maximum Gasteiger partial charge on any atom is 0.411 e. The lowest BCUT2D eigenvalue weighted by Gasteiger charge is -2.10. The van der Waals surface area contributed by atoms with Gasteiger partial charge in [-0.15, -0.1) is 0 Å². The number of nitrogens with two attached hydrogens (primary N) is 6. The molecule has 442 valence electrons. The van der Waals surface area contributed by atoms with Crippen LogP contribution in [0.25, 0.3) is 0 Å². The van der Waals surface area contributed by atoms with Crippen LogP contribution in [0, 0.1) is 0 Å². The van der Waals surface area contributed by atoms with Crippen molar-refractivity contribution < 1.29 is 57.1 Å². The van der Waals surface area contributed by atoms with Crippen molar-refractivity contribution in [2.75, 3.05) is 126 Å². The van der Waals surface area contributed by atoms with Crippen molar-refractivity contribution in [2.24, 2.45) is 21.5 Å². The van der Waals surface area contributed by atoms with Gasteiger partial charge in [0, 0.05) is 24.5 Å². The first-order chi connectivity index (χ1) is 39.6. The molecule has 0 radical (unpaired) electrons. The number of hydrogen-bond donors (Lipinski definition) is 10. The number of nitrogen functional groups attached to an aromatic ring is 4. The molecule has 82 heavy (non-hydrogen) atoms. The lowest BCUT2D eigenvalue weighted by atomic mass is 10.1. The van der Waals surface area contributed by atoms with Gasteiger partial charge in [-0.3, -0.25) is 40.8 Å². The molecule has 0 fully saturated rings. The number of carbonyl (C=O) groups excluding carboxylic acids is 4. The van der Waals surface area contributed by atoms with E-state index in [-0.39, 0.29) is 83.3 Å². The number of amides is 4. The zero-order valence-electron chi connectivity index (χ0n) is 44.9. The van der Waals surface area contributed by atoms with Gasteiger partial charge in [0.1, 0.15) is 37.9 Å². The SMILES string of the molecule is NC(=NCCCCc1ccc(OCCOCCOCCOC(=O)Nc2ccc(NC(=O)OCCOCCOCCOc3ccc(CCCCN=C(N)NC(=O)c4nc(Cl)c(N)nc4N)cc3)cc2)cc1)NC(=O)c1nc(Cl)c(N)nc1N. The number of carbonyl (C=O) groups is 4. The molecule has 5 aromatic rings. The largest absolute Gasteiger partial charge is 0.491 e. The number of anilines is 6. The summed E-state index contributed by atoms with van der Waals surface area (Å²) in [7, 11) is 0. The summed E-state index contributed by atoms with van der Waals surface area (Å²) in [5.74, 6) is -0.636. The van der Waals surface area contributed by atoms with Gasteiger partial charge in [-0.2, -0.15) is 0 Å². The number of hydrogen-bond acceptors (Lipinski definition) is 22. The van der Waals surface area contributed by atoms with E-state index in [1.165, 1.54) is 0 Å². The fourth-order valence-electron chi connectivity index (χ4n) is 6.85. The number of aliphatic imine (C=N–C) groups is 2. The van der Waals surface area contributed by atoms with Crippen LogP contribution >= 0.6 is 23.2 Å². The molecular weight excluding hydrogens is 1110 g/mol. The van der Waals surface area contributed by atoms with Crippen LogP contribution in [0.4, 0.5) is 44.2 Å². The number of rotatable bonds is 34. The average molecular weight is 1180 g/mol. The summed E-state index contributed by atoms with van der Waals surface area (Å²) in [5.41, 5.74) is 36.9. The van der Waals surface area contributed by atoms with E-state index in [2.05, 4.69) is 51.2 Å². The van der Waals surface area contributed by atoms with Gasteiger partial charge in [-0.1, -0.05) is 47.5 Å². The maximum atomic E-state index is 12.4. The Morgan fingerprint density at radius 3 is 1.15 bits per heavy atom. The molecule has 2 aromatic heterocycles. The lowest BCUT2D eigenvalue weighted by Crippen LogP contribution is -2.38. The van der Waals surface area contributed by atoms with Crippen molar-refractivity contribution in [2.45, 2.75) is 38.5 Å². The summed E-state index contributed by atoms with van der Waals surface area (Å²) in [6.45, 7) is 3.92. The summed E-state index contributed by atoms with van der Waals surface area (Å²) in [4.78, 5) is 72.7. The molecular formula is C52H68Cl2N16O12. The fourth-order valence-corrected chi connectivity index (χ4v) is 7.10. The second kappa shape index (κ2) is 35.9. The van der Waals surface area contributed by atoms with Gasteiger partial charge in [0.15, 0.2) is 56.9 Å². The third-order valence-corrected chi connectivity index (χ3v) is 11.5. The molecule has 5 rings (SSSR count). The molecule has 28 nitrogen and oxygen atoms in total. The van der Waals surface area contributed by atoms with Crippen LogP contribution in [0.2, 0.25) is 10.3 Å². The first kappa shape index (κ1) is 64.3. The number of nitrogens with zero attached hydrogens (tertiary/aromatic N) is 6. The van der Waals surface area contributed by atoms with Gasteiger partial charge in [0.2, 0.25) is 0 Å². The third-order valence-electron chi connectivity index (χ3n) is 10.9. The van der Waals surface area contributed by atoms with Crippen molar-refractivity contribution in [1.82, 2.24) is 30.6 Å². The van der Waals surface area contributed by atoms with Crippen molar-refractivity contribution >= 4 is 93.8 Å². The summed E-state index contributed by atoms with van der Waals surface area (Å²) < 4.78 is 43.9. The number of nitrogens with one attached hydrogen (secondary N) is 4.